The zero-order chi connectivity index (χ0) is 10.5. The summed E-state index contributed by atoms with van der Waals surface area (Å²) in [6.07, 6.45) is 8.75. The number of rotatable bonds is 1. The van der Waals surface area contributed by atoms with Gasteiger partial charge in [-0.3, -0.25) is 0 Å². The summed E-state index contributed by atoms with van der Waals surface area (Å²) in [7, 11) is 0. The Morgan fingerprint density at radius 1 is 1.38 bits per heavy atom. The van der Waals surface area contributed by atoms with Gasteiger partial charge in [0.1, 0.15) is 5.65 Å². The van der Waals surface area contributed by atoms with Gasteiger partial charge < -0.3 is 10.3 Å². The van der Waals surface area contributed by atoms with Gasteiger partial charge in [0.15, 0.2) is 0 Å². The van der Waals surface area contributed by atoms with Crippen molar-refractivity contribution in [2.45, 2.75) is 24.9 Å². The van der Waals surface area contributed by atoms with Crippen LogP contribution in [0.2, 0.25) is 0 Å². The van der Waals surface area contributed by atoms with Crippen LogP contribution in [0.25, 0.3) is 16.6 Å². The summed E-state index contributed by atoms with van der Waals surface area (Å²) >= 11 is 0. The molecule has 5 rings (SSSR count). The molecule has 0 saturated carbocycles. The van der Waals surface area contributed by atoms with E-state index in [9.17, 15) is 0 Å². The highest BCUT2D eigenvalue weighted by molar-refractivity contribution is 5.92. The van der Waals surface area contributed by atoms with E-state index in [1.807, 2.05) is 12.3 Å². The molecule has 3 aliphatic rings. The molecular weight excluding hydrogens is 198 g/mol. The third-order valence-corrected chi connectivity index (χ3v) is 3.72. The fraction of sp³-hybridized carbons (Fsp3) is 0.308. The van der Waals surface area contributed by atoms with Crippen molar-refractivity contribution in [3.05, 3.63) is 36.2 Å². The first-order valence-corrected chi connectivity index (χ1v) is 5.80. The highest BCUT2D eigenvalue weighted by atomic mass is 15.0. The molecule has 2 aliphatic heterocycles. The lowest BCUT2D eigenvalue weighted by Gasteiger charge is -2.42. The van der Waals surface area contributed by atoms with Crippen LogP contribution in [-0.4, -0.2) is 22.1 Å². The lowest BCUT2D eigenvalue weighted by Crippen LogP contribution is -2.54. The third-order valence-electron chi connectivity index (χ3n) is 3.72. The summed E-state index contributed by atoms with van der Waals surface area (Å²) in [5, 5.41) is 4.82. The van der Waals surface area contributed by atoms with E-state index in [0.29, 0.717) is 6.04 Å². The molecule has 2 aromatic heterocycles. The lowest BCUT2D eigenvalue weighted by molar-refractivity contribution is 0.303. The first kappa shape index (κ1) is 8.53. The molecule has 4 heterocycles. The van der Waals surface area contributed by atoms with E-state index in [2.05, 4.69) is 33.6 Å². The smallest absolute Gasteiger partial charge is 0.137 e. The number of pyridine rings is 1. The van der Waals surface area contributed by atoms with Crippen molar-refractivity contribution in [2.75, 3.05) is 0 Å². The molecule has 2 N–H and O–H groups in total. The largest absolute Gasteiger partial charge is 0.346 e. The van der Waals surface area contributed by atoms with Gasteiger partial charge in [-0.15, -0.1) is 0 Å². The molecule has 0 radical (unpaired) electrons. The van der Waals surface area contributed by atoms with E-state index in [-0.39, 0.29) is 0 Å². The average Bonchev–Trinajstić information content (AvgIpc) is 2.71. The fourth-order valence-corrected chi connectivity index (χ4v) is 2.83. The summed E-state index contributed by atoms with van der Waals surface area (Å²) in [5.74, 6) is 0. The van der Waals surface area contributed by atoms with Crippen LogP contribution in [-0.2, 0) is 0 Å². The van der Waals surface area contributed by atoms with Crippen LogP contribution in [0.3, 0.4) is 0 Å². The maximum absolute atomic E-state index is 4.33. The first-order chi connectivity index (χ1) is 7.92. The molecule has 2 bridgehead atoms. The second-order valence-electron chi connectivity index (χ2n) is 4.65. The maximum Gasteiger partial charge on any atom is 0.137 e. The van der Waals surface area contributed by atoms with Crippen LogP contribution in [0.5, 0.6) is 0 Å². The van der Waals surface area contributed by atoms with E-state index in [1.54, 1.807) is 0 Å². The molecular formula is C13H13N3. The van der Waals surface area contributed by atoms with Crippen molar-refractivity contribution >= 4 is 16.6 Å². The Bertz CT molecular complexity index is 576. The number of fused-ring (bicyclic) bond motifs is 2. The van der Waals surface area contributed by atoms with Crippen LogP contribution in [0, 0.1) is 0 Å². The molecule has 0 aromatic carbocycles. The number of aromatic nitrogens is 2. The van der Waals surface area contributed by atoms with Crippen molar-refractivity contribution in [3.8, 4) is 0 Å². The number of hydrogen-bond acceptors (Lipinski definition) is 2. The Hall–Kier alpha value is -1.61. The van der Waals surface area contributed by atoms with E-state index in [1.165, 1.54) is 29.4 Å². The van der Waals surface area contributed by atoms with E-state index >= 15 is 0 Å². The Balaban J connectivity index is 1.90. The molecule has 2 unspecified atom stereocenters. The van der Waals surface area contributed by atoms with Crippen molar-refractivity contribution < 1.29 is 0 Å². The van der Waals surface area contributed by atoms with Gasteiger partial charge in [0.25, 0.3) is 0 Å². The minimum Gasteiger partial charge on any atom is -0.346 e. The van der Waals surface area contributed by atoms with Crippen LogP contribution in [0.4, 0.5) is 0 Å². The molecule has 80 valence electrons. The molecule has 1 saturated heterocycles. The highest BCUT2D eigenvalue weighted by Gasteiger charge is 2.35. The van der Waals surface area contributed by atoms with Gasteiger partial charge in [0, 0.05) is 35.4 Å². The van der Waals surface area contributed by atoms with Gasteiger partial charge in [0.2, 0.25) is 0 Å². The summed E-state index contributed by atoms with van der Waals surface area (Å²) in [6.45, 7) is 0. The molecule has 3 nitrogen and oxygen atoms in total. The normalized spacial score (nSPS) is 27.6. The number of nitrogens with zero attached hydrogens (tertiary/aromatic N) is 1. The van der Waals surface area contributed by atoms with Crippen LogP contribution in [0.15, 0.2) is 30.6 Å². The van der Waals surface area contributed by atoms with E-state index in [0.717, 1.165) is 11.7 Å². The van der Waals surface area contributed by atoms with Crippen molar-refractivity contribution in [1.82, 2.24) is 15.3 Å². The Morgan fingerprint density at radius 2 is 2.31 bits per heavy atom. The minimum absolute atomic E-state index is 0.568. The zero-order valence-corrected chi connectivity index (χ0v) is 8.90. The van der Waals surface area contributed by atoms with Crippen molar-refractivity contribution in [3.63, 3.8) is 0 Å². The molecule has 3 heteroatoms. The Morgan fingerprint density at radius 3 is 3.12 bits per heavy atom. The molecule has 16 heavy (non-hydrogen) atoms. The molecule has 1 aliphatic carbocycles. The number of hydrogen-bond donors (Lipinski definition) is 2. The zero-order valence-electron chi connectivity index (χ0n) is 8.90. The second kappa shape index (κ2) is 2.95. The highest BCUT2D eigenvalue weighted by Crippen LogP contribution is 2.36. The van der Waals surface area contributed by atoms with Gasteiger partial charge in [0.05, 0.1) is 0 Å². The number of nitrogens with one attached hydrogen (secondary N) is 2. The fourth-order valence-electron chi connectivity index (χ4n) is 2.83. The van der Waals surface area contributed by atoms with Gasteiger partial charge in [-0.05, 0) is 30.5 Å². The predicted octanol–water partition coefficient (Wildman–Crippen LogP) is 2.08. The summed E-state index contributed by atoms with van der Waals surface area (Å²) in [4.78, 5) is 7.57. The third kappa shape index (κ3) is 1.04. The predicted molar refractivity (Wildman–Crippen MR) is 64.0 cm³/mol. The summed E-state index contributed by atoms with van der Waals surface area (Å²) in [6, 6.07) is 5.44. The summed E-state index contributed by atoms with van der Waals surface area (Å²) < 4.78 is 0. The van der Waals surface area contributed by atoms with Crippen molar-refractivity contribution in [1.29, 1.82) is 0 Å². The molecule has 0 amide bonds. The van der Waals surface area contributed by atoms with Crippen LogP contribution >= 0.6 is 0 Å². The maximum atomic E-state index is 4.33. The number of H-pyrrole nitrogens is 1. The topological polar surface area (TPSA) is 40.7 Å². The quantitative estimate of drug-likeness (QED) is 0.758. The minimum atomic E-state index is 0.568. The van der Waals surface area contributed by atoms with Gasteiger partial charge in [-0.1, -0.05) is 6.08 Å². The van der Waals surface area contributed by atoms with Crippen LogP contribution < -0.4 is 5.32 Å². The Kier molecular flexibility index (Phi) is 1.57. The second-order valence-corrected chi connectivity index (χ2v) is 4.65. The van der Waals surface area contributed by atoms with Crippen molar-refractivity contribution in [2.24, 2.45) is 0 Å². The van der Waals surface area contributed by atoms with E-state index < -0.39 is 0 Å². The molecule has 1 fully saturated rings. The summed E-state index contributed by atoms with van der Waals surface area (Å²) in [5.41, 5.74) is 3.75. The standard InChI is InChI=1S/C13H13N3/c1-2-10-11(7-15-13(10)14-5-1)9-4-3-8-6-12(9)16-8/h1-2,4-5,7-8,12,16H,3,6H2,(H,14,15). The Labute approximate surface area is 93.6 Å². The van der Waals surface area contributed by atoms with Gasteiger partial charge >= 0.3 is 0 Å². The average molecular weight is 211 g/mol. The SMILES string of the molecule is C1=C(c2c[nH]c3ncccc23)C2CC(C1)N2. The molecule has 0 spiro atoms. The molecule has 2 aromatic rings. The molecule has 2 atom stereocenters. The number of aromatic amines is 1. The van der Waals surface area contributed by atoms with Crippen LogP contribution in [0.1, 0.15) is 18.4 Å². The monoisotopic (exact) mass is 211 g/mol. The van der Waals surface area contributed by atoms with E-state index in [4.69, 9.17) is 0 Å². The van der Waals surface area contributed by atoms with Gasteiger partial charge in [-0.25, -0.2) is 4.98 Å². The van der Waals surface area contributed by atoms with Gasteiger partial charge in [-0.2, -0.15) is 0 Å². The lowest BCUT2D eigenvalue weighted by atomic mass is 9.79. The first-order valence-electron chi connectivity index (χ1n) is 5.80.